The molecule has 3 heterocycles. The fourth-order valence-electron chi connectivity index (χ4n) is 3.05. The van der Waals surface area contributed by atoms with Gasteiger partial charge in [0.1, 0.15) is 5.82 Å². The van der Waals surface area contributed by atoms with E-state index in [2.05, 4.69) is 15.3 Å². The number of piperidine rings is 1. The van der Waals surface area contributed by atoms with Crippen LogP contribution in [-0.4, -0.2) is 31.7 Å². The van der Waals surface area contributed by atoms with Crippen LogP contribution >= 0.6 is 0 Å². The van der Waals surface area contributed by atoms with Crippen molar-refractivity contribution >= 4 is 11.2 Å². The van der Waals surface area contributed by atoms with E-state index in [1.165, 1.54) is 23.8 Å². The molecule has 1 aliphatic heterocycles. The molecule has 1 unspecified atom stereocenters. The normalized spacial score (nSPS) is 19.2. The Hall–Kier alpha value is -1.89. The molecule has 7 nitrogen and oxygen atoms in total. The number of fused-ring (bicyclic) bond motifs is 1. The van der Waals surface area contributed by atoms with Crippen molar-refractivity contribution in [3.8, 4) is 0 Å². The zero-order chi connectivity index (χ0) is 15.0. The van der Waals surface area contributed by atoms with Gasteiger partial charge in [-0.1, -0.05) is 6.42 Å². The van der Waals surface area contributed by atoms with Gasteiger partial charge in [0.25, 0.3) is 5.56 Å². The highest BCUT2D eigenvalue weighted by molar-refractivity contribution is 5.70. The van der Waals surface area contributed by atoms with Crippen LogP contribution in [0.2, 0.25) is 0 Å². The van der Waals surface area contributed by atoms with E-state index in [9.17, 15) is 9.59 Å². The number of aromatic amines is 1. The average Bonchev–Trinajstić information content (AvgIpc) is 2.81. The molecule has 1 saturated heterocycles. The third kappa shape index (κ3) is 2.53. The van der Waals surface area contributed by atoms with Crippen molar-refractivity contribution in [1.29, 1.82) is 0 Å². The Balaban J connectivity index is 1.91. The Morgan fingerprint density at radius 2 is 2.05 bits per heavy atom. The highest BCUT2D eigenvalue weighted by Crippen LogP contribution is 2.15. The first-order valence-electron chi connectivity index (χ1n) is 7.46. The number of imidazole rings is 1. The Kier molecular flexibility index (Phi) is 3.67. The summed E-state index contributed by atoms with van der Waals surface area (Å²) in [6.07, 6.45) is 5.52. The van der Waals surface area contributed by atoms with E-state index >= 15 is 0 Å². The highest BCUT2D eigenvalue weighted by atomic mass is 16.2. The zero-order valence-electron chi connectivity index (χ0n) is 12.5. The molecule has 3 rings (SSSR count). The lowest BCUT2D eigenvalue weighted by Crippen LogP contribution is -2.34. The maximum absolute atomic E-state index is 11.9. The number of hydrogen-bond donors (Lipinski definition) is 2. The van der Waals surface area contributed by atoms with E-state index in [4.69, 9.17) is 0 Å². The predicted octanol–water partition coefficient (Wildman–Crippen LogP) is 0.0350. The molecular formula is C14H21N5O2. The topological polar surface area (TPSA) is 84.7 Å². The maximum atomic E-state index is 11.9. The van der Waals surface area contributed by atoms with Gasteiger partial charge in [-0.25, -0.2) is 9.78 Å². The largest absolute Gasteiger partial charge is 0.329 e. The van der Waals surface area contributed by atoms with E-state index in [0.29, 0.717) is 17.2 Å². The number of aryl methyl sites for hydroxylation is 3. The summed E-state index contributed by atoms with van der Waals surface area (Å²) >= 11 is 0. The number of H-pyrrole nitrogens is 1. The summed E-state index contributed by atoms with van der Waals surface area (Å²) in [6.45, 7) is 1.08. The minimum absolute atomic E-state index is 0.370. The first-order valence-corrected chi connectivity index (χ1v) is 7.46. The van der Waals surface area contributed by atoms with Gasteiger partial charge in [0.15, 0.2) is 11.2 Å². The van der Waals surface area contributed by atoms with Crippen LogP contribution in [0.15, 0.2) is 9.59 Å². The minimum atomic E-state index is -0.425. The third-order valence-electron chi connectivity index (χ3n) is 4.36. The average molecular weight is 291 g/mol. The van der Waals surface area contributed by atoms with Gasteiger partial charge in [-0.2, -0.15) is 0 Å². The van der Waals surface area contributed by atoms with Crippen molar-refractivity contribution < 1.29 is 0 Å². The van der Waals surface area contributed by atoms with Crippen molar-refractivity contribution in [2.45, 2.75) is 38.1 Å². The molecule has 2 aromatic rings. The second-order valence-electron chi connectivity index (χ2n) is 5.76. The molecule has 2 N–H and O–H groups in total. The standard InChI is InChI=1S/C14H21N5O2/c1-18-10(7-6-9-5-3-4-8-15-9)16-12-11(18)13(20)17-14(21)19(12)2/h9,15H,3-8H2,1-2H3,(H,17,20,21). The Bertz CT molecular complexity index is 764. The summed E-state index contributed by atoms with van der Waals surface area (Å²) in [7, 11) is 3.46. The lowest BCUT2D eigenvalue weighted by atomic mass is 10.0. The number of nitrogens with one attached hydrogen (secondary N) is 2. The van der Waals surface area contributed by atoms with Crippen LogP contribution in [-0.2, 0) is 20.5 Å². The molecule has 21 heavy (non-hydrogen) atoms. The zero-order valence-corrected chi connectivity index (χ0v) is 12.5. The van der Waals surface area contributed by atoms with Crippen LogP contribution in [0.1, 0.15) is 31.5 Å². The monoisotopic (exact) mass is 291 g/mol. The number of nitrogens with zero attached hydrogens (tertiary/aromatic N) is 3. The van der Waals surface area contributed by atoms with Crippen molar-refractivity contribution in [3.63, 3.8) is 0 Å². The molecule has 1 atom stereocenters. The molecule has 0 radical (unpaired) electrons. The highest BCUT2D eigenvalue weighted by Gasteiger charge is 2.17. The Morgan fingerprint density at radius 3 is 2.76 bits per heavy atom. The van der Waals surface area contributed by atoms with Crippen molar-refractivity contribution in [3.05, 3.63) is 26.7 Å². The van der Waals surface area contributed by atoms with Crippen molar-refractivity contribution in [1.82, 2.24) is 24.4 Å². The summed E-state index contributed by atoms with van der Waals surface area (Å²) in [5.41, 5.74) is 0.123. The van der Waals surface area contributed by atoms with E-state index < -0.39 is 5.69 Å². The molecule has 1 fully saturated rings. The van der Waals surface area contributed by atoms with Gasteiger partial charge < -0.3 is 9.88 Å². The lowest BCUT2D eigenvalue weighted by molar-refractivity contribution is 0.380. The van der Waals surface area contributed by atoms with Crippen LogP contribution in [0.25, 0.3) is 11.2 Å². The van der Waals surface area contributed by atoms with Crippen molar-refractivity contribution in [2.24, 2.45) is 14.1 Å². The van der Waals surface area contributed by atoms with E-state index in [1.54, 1.807) is 11.6 Å². The number of hydrogen-bond acceptors (Lipinski definition) is 4. The van der Waals surface area contributed by atoms with Gasteiger partial charge in [-0.3, -0.25) is 14.3 Å². The van der Waals surface area contributed by atoms with E-state index in [1.807, 2.05) is 7.05 Å². The second-order valence-corrected chi connectivity index (χ2v) is 5.76. The fraction of sp³-hybridized carbons (Fsp3) is 0.643. The molecule has 0 saturated carbocycles. The molecule has 114 valence electrons. The molecular weight excluding hydrogens is 270 g/mol. The second kappa shape index (κ2) is 5.48. The van der Waals surface area contributed by atoms with Crippen LogP contribution < -0.4 is 16.6 Å². The molecule has 0 aromatic carbocycles. The summed E-state index contributed by atoms with van der Waals surface area (Å²) in [5, 5.41) is 3.51. The van der Waals surface area contributed by atoms with Gasteiger partial charge >= 0.3 is 5.69 Å². The van der Waals surface area contributed by atoms with Crippen LogP contribution in [0.4, 0.5) is 0 Å². The summed E-state index contributed by atoms with van der Waals surface area (Å²) in [4.78, 5) is 30.4. The fourth-order valence-corrected chi connectivity index (χ4v) is 3.05. The predicted molar refractivity (Wildman–Crippen MR) is 80.5 cm³/mol. The Morgan fingerprint density at radius 1 is 1.24 bits per heavy atom. The SMILES string of the molecule is Cn1c(CCC2CCCCN2)nc2c1c(=O)[nH]c(=O)n2C. The molecule has 0 aliphatic carbocycles. The lowest BCUT2D eigenvalue weighted by Gasteiger charge is -2.23. The van der Waals surface area contributed by atoms with Crippen LogP contribution in [0.3, 0.4) is 0 Å². The van der Waals surface area contributed by atoms with Gasteiger partial charge in [0.05, 0.1) is 0 Å². The molecule has 2 aromatic heterocycles. The van der Waals surface area contributed by atoms with E-state index in [-0.39, 0.29) is 5.56 Å². The van der Waals surface area contributed by atoms with Crippen LogP contribution in [0.5, 0.6) is 0 Å². The van der Waals surface area contributed by atoms with Gasteiger partial charge in [0, 0.05) is 26.6 Å². The summed E-state index contributed by atoms with van der Waals surface area (Å²) in [5.74, 6) is 0.851. The molecule has 7 heteroatoms. The first-order chi connectivity index (χ1) is 10.1. The molecule has 0 spiro atoms. The van der Waals surface area contributed by atoms with Gasteiger partial charge in [-0.15, -0.1) is 0 Å². The van der Waals surface area contributed by atoms with Crippen molar-refractivity contribution in [2.75, 3.05) is 6.54 Å². The number of aromatic nitrogens is 4. The minimum Gasteiger partial charge on any atom is -0.325 e. The van der Waals surface area contributed by atoms with Gasteiger partial charge in [-0.05, 0) is 25.8 Å². The van der Waals surface area contributed by atoms with Crippen LogP contribution in [0, 0.1) is 0 Å². The number of rotatable bonds is 3. The van der Waals surface area contributed by atoms with Gasteiger partial charge in [0.2, 0.25) is 0 Å². The molecule has 0 amide bonds. The molecule has 1 aliphatic rings. The quantitative estimate of drug-likeness (QED) is 0.836. The summed E-state index contributed by atoms with van der Waals surface area (Å²) < 4.78 is 3.19. The maximum Gasteiger partial charge on any atom is 0.329 e. The smallest absolute Gasteiger partial charge is 0.325 e. The third-order valence-corrected chi connectivity index (χ3v) is 4.36. The first kappa shape index (κ1) is 14.1. The Labute approximate surface area is 122 Å². The van der Waals surface area contributed by atoms with E-state index in [0.717, 1.165) is 25.2 Å². The summed E-state index contributed by atoms with van der Waals surface area (Å²) in [6, 6.07) is 0.528. The molecule has 0 bridgehead atoms.